The van der Waals surface area contributed by atoms with E-state index in [0.717, 1.165) is 36.6 Å². The van der Waals surface area contributed by atoms with Gasteiger partial charge in [0.2, 0.25) is 5.91 Å². The van der Waals surface area contributed by atoms with Crippen LogP contribution in [-0.4, -0.2) is 42.5 Å². The maximum atomic E-state index is 11.4. The highest BCUT2D eigenvalue weighted by molar-refractivity contribution is 7.09. The summed E-state index contributed by atoms with van der Waals surface area (Å²) in [6.45, 7) is 4.36. The van der Waals surface area contributed by atoms with E-state index in [2.05, 4.69) is 22.1 Å². The largest absolute Gasteiger partial charge is 0.358 e. The third-order valence-electron chi connectivity index (χ3n) is 2.56. The lowest BCUT2D eigenvalue weighted by molar-refractivity contribution is -0.121. The van der Waals surface area contributed by atoms with Crippen LogP contribution in [0.5, 0.6) is 0 Å². The van der Waals surface area contributed by atoms with Crippen molar-refractivity contribution < 1.29 is 4.79 Å². The molecule has 0 aromatic carbocycles. The number of thiazole rings is 1. The molecule has 4 nitrogen and oxygen atoms in total. The van der Waals surface area contributed by atoms with E-state index in [4.69, 9.17) is 11.6 Å². The molecule has 0 saturated carbocycles. The van der Waals surface area contributed by atoms with Gasteiger partial charge >= 0.3 is 0 Å². The second kappa shape index (κ2) is 8.45. The van der Waals surface area contributed by atoms with Crippen molar-refractivity contribution in [2.24, 2.45) is 0 Å². The number of carbonyl (C=O) groups is 1. The zero-order chi connectivity index (χ0) is 13.4. The lowest BCUT2D eigenvalue weighted by Crippen LogP contribution is -2.37. The molecule has 0 bridgehead atoms. The lowest BCUT2D eigenvalue weighted by atomic mass is 10.3. The maximum absolute atomic E-state index is 11.4. The molecule has 1 amide bonds. The lowest BCUT2D eigenvalue weighted by Gasteiger charge is -2.19. The molecule has 0 aliphatic carbocycles. The number of hydrogen-bond donors (Lipinski definition) is 1. The summed E-state index contributed by atoms with van der Waals surface area (Å²) in [5.41, 5.74) is 0.935. The first kappa shape index (κ1) is 15.4. The van der Waals surface area contributed by atoms with Crippen LogP contribution in [0.1, 0.15) is 24.0 Å². The number of nitrogens with one attached hydrogen (secondary N) is 1. The van der Waals surface area contributed by atoms with Gasteiger partial charge in [0.1, 0.15) is 0 Å². The van der Waals surface area contributed by atoms with E-state index in [0.29, 0.717) is 12.4 Å². The molecule has 0 aliphatic rings. The zero-order valence-electron chi connectivity index (χ0n) is 10.9. The van der Waals surface area contributed by atoms with Crippen molar-refractivity contribution in [2.45, 2.75) is 25.6 Å². The summed E-state index contributed by atoms with van der Waals surface area (Å²) in [4.78, 5) is 17.9. The van der Waals surface area contributed by atoms with Crippen molar-refractivity contribution in [3.8, 4) is 0 Å². The number of amides is 1. The summed E-state index contributed by atoms with van der Waals surface area (Å²) in [7, 11) is 1.67. The van der Waals surface area contributed by atoms with Gasteiger partial charge in [0.25, 0.3) is 0 Å². The average Bonchev–Trinajstić information content (AvgIpc) is 2.84. The van der Waals surface area contributed by atoms with E-state index in [9.17, 15) is 4.79 Å². The Balaban J connectivity index is 2.43. The molecule has 0 atom stereocenters. The topological polar surface area (TPSA) is 45.2 Å². The van der Waals surface area contributed by atoms with Gasteiger partial charge in [-0.05, 0) is 13.0 Å². The minimum Gasteiger partial charge on any atom is -0.358 e. The summed E-state index contributed by atoms with van der Waals surface area (Å²) >= 11 is 7.36. The number of hydrogen-bond acceptors (Lipinski definition) is 4. The number of alkyl halides is 1. The Labute approximate surface area is 117 Å². The highest BCUT2D eigenvalue weighted by Gasteiger charge is 2.10. The molecular weight excluding hydrogens is 270 g/mol. The monoisotopic (exact) mass is 289 g/mol. The van der Waals surface area contributed by atoms with Gasteiger partial charge in [0.15, 0.2) is 0 Å². The third kappa shape index (κ3) is 5.33. The molecule has 1 aromatic heterocycles. The third-order valence-corrected chi connectivity index (χ3v) is 3.80. The van der Waals surface area contributed by atoms with E-state index in [1.807, 2.05) is 5.38 Å². The van der Waals surface area contributed by atoms with Gasteiger partial charge in [-0.1, -0.05) is 6.92 Å². The molecule has 102 valence electrons. The van der Waals surface area contributed by atoms with Crippen molar-refractivity contribution in [1.82, 2.24) is 15.2 Å². The summed E-state index contributed by atoms with van der Waals surface area (Å²) in [5, 5.41) is 5.73. The quantitative estimate of drug-likeness (QED) is 0.743. The van der Waals surface area contributed by atoms with Crippen molar-refractivity contribution in [1.29, 1.82) is 0 Å². The van der Waals surface area contributed by atoms with Crippen LogP contribution in [0.4, 0.5) is 0 Å². The van der Waals surface area contributed by atoms with Crippen LogP contribution in [0, 0.1) is 0 Å². The number of carbonyl (C=O) groups excluding carboxylic acids is 1. The normalized spacial score (nSPS) is 10.9. The highest BCUT2D eigenvalue weighted by Crippen LogP contribution is 2.12. The molecule has 1 rings (SSSR count). The minimum absolute atomic E-state index is 0.0593. The highest BCUT2D eigenvalue weighted by atomic mass is 35.5. The molecule has 1 N–H and O–H groups in total. The van der Waals surface area contributed by atoms with Crippen molar-refractivity contribution in [3.05, 3.63) is 16.1 Å². The van der Waals surface area contributed by atoms with Gasteiger partial charge in [0, 0.05) is 25.4 Å². The fourth-order valence-corrected chi connectivity index (χ4v) is 2.66. The Morgan fingerprint density at radius 1 is 1.56 bits per heavy atom. The van der Waals surface area contributed by atoms with E-state index in [1.54, 1.807) is 18.4 Å². The first-order valence-electron chi connectivity index (χ1n) is 6.11. The predicted molar refractivity (Wildman–Crippen MR) is 76.2 cm³/mol. The van der Waals surface area contributed by atoms with Gasteiger partial charge in [-0.15, -0.1) is 22.9 Å². The van der Waals surface area contributed by atoms with Crippen LogP contribution in [-0.2, 0) is 17.1 Å². The Kier molecular flexibility index (Phi) is 7.23. The summed E-state index contributed by atoms with van der Waals surface area (Å²) in [6.07, 6.45) is 1.92. The minimum atomic E-state index is 0.0593. The van der Waals surface area contributed by atoms with Gasteiger partial charge in [-0.3, -0.25) is 9.69 Å². The Hall–Kier alpha value is -0.650. The van der Waals surface area contributed by atoms with Crippen molar-refractivity contribution in [3.63, 3.8) is 0 Å². The zero-order valence-corrected chi connectivity index (χ0v) is 12.5. The molecule has 0 saturated heterocycles. The molecule has 0 unspecified atom stereocenters. The molecule has 0 fully saturated rings. The van der Waals surface area contributed by atoms with Crippen LogP contribution >= 0.6 is 22.9 Å². The number of halogens is 1. The second-order valence-corrected chi connectivity index (χ2v) is 5.28. The fourth-order valence-electron chi connectivity index (χ4n) is 1.65. The number of nitrogens with zero attached hydrogens (tertiary/aromatic N) is 2. The van der Waals surface area contributed by atoms with Gasteiger partial charge in [-0.25, -0.2) is 4.98 Å². The van der Waals surface area contributed by atoms with Crippen LogP contribution in [0.25, 0.3) is 0 Å². The van der Waals surface area contributed by atoms with Crippen LogP contribution < -0.4 is 5.32 Å². The van der Waals surface area contributed by atoms with E-state index >= 15 is 0 Å². The van der Waals surface area contributed by atoms with E-state index in [-0.39, 0.29) is 5.91 Å². The van der Waals surface area contributed by atoms with Gasteiger partial charge in [-0.2, -0.15) is 0 Å². The first-order chi connectivity index (χ1) is 8.69. The van der Waals surface area contributed by atoms with Crippen molar-refractivity contribution in [2.75, 3.05) is 26.7 Å². The number of aromatic nitrogens is 1. The predicted octanol–water partition coefficient (Wildman–Crippen LogP) is 1.88. The molecule has 1 heterocycles. The van der Waals surface area contributed by atoms with Crippen LogP contribution in [0.15, 0.2) is 5.38 Å². The Morgan fingerprint density at radius 2 is 2.33 bits per heavy atom. The van der Waals surface area contributed by atoms with Gasteiger partial charge in [0.05, 0.1) is 23.1 Å². The summed E-state index contributed by atoms with van der Waals surface area (Å²) < 4.78 is 0. The SMILES string of the molecule is CCCN(CCc1nc(CCl)cs1)CC(=O)NC. The van der Waals surface area contributed by atoms with Crippen molar-refractivity contribution >= 4 is 28.8 Å². The smallest absolute Gasteiger partial charge is 0.233 e. The number of likely N-dealkylation sites (N-methyl/N-ethyl adjacent to an activating group) is 1. The molecule has 18 heavy (non-hydrogen) atoms. The second-order valence-electron chi connectivity index (χ2n) is 4.07. The standard InChI is InChI=1S/C12H20ClN3OS/c1-3-5-16(8-11(17)14-2)6-4-12-15-10(7-13)9-18-12/h9H,3-8H2,1-2H3,(H,14,17). The van der Waals surface area contributed by atoms with Crippen LogP contribution in [0.3, 0.4) is 0 Å². The molecule has 0 spiro atoms. The molecule has 6 heteroatoms. The number of rotatable bonds is 8. The maximum Gasteiger partial charge on any atom is 0.233 e. The average molecular weight is 290 g/mol. The van der Waals surface area contributed by atoms with Crippen LogP contribution in [0.2, 0.25) is 0 Å². The fraction of sp³-hybridized carbons (Fsp3) is 0.667. The summed E-state index contributed by atoms with van der Waals surface area (Å²) in [5.74, 6) is 0.525. The molecule has 1 aromatic rings. The summed E-state index contributed by atoms with van der Waals surface area (Å²) in [6, 6.07) is 0. The Morgan fingerprint density at radius 3 is 2.89 bits per heavy atom. The van der Waals surface area contributed by atoms with E-state index in [1.165, 1.54) is 0 Å². The van der Waals surface area contributed by atoms with Gasteiger partial charge < -0.3 is 5.32 Å². The molecule has 0 aliphatic heterocycles. The molecule has 0 radical (unpaired) electrons. The molecular formula is C12H20ClN3OS. The first-order valence-corrected chi connectivity index (χ1v) is 7.53. The Bertz CT molecular complexity index is 370. The van der Waals surface area contributed by atoms with E-state index < -0.39 is 0 Å².